The second kappa shape index (κ2) is 8.22. The van der Waals surface area contributed by atoms with Gasteiger partial charge in [0.05, 0.1) is 0 Å². The summed E-state index contributed by atoms with van der Waals surface area (Å²) in [4.78, 5) is 27.2. The highest BCUT2D eigenvalue weighted by Crippen LogP contribution is 2.32. The number of piperidine rings is 1. The lowest BCUT2D eigenvalue weighted by atomic mass is 9.80. The van der Waals surface area contributed by atoms with Crippen LogP contribution in [0.15, 0.2) is 18.2 Å². The van der Waals surface area contributed by atoms with Gasteiger partial charge in [0.2, 0.25) is 11.8 Å². The monoisotopic (exact) mass is 362 g/mol. The first kappa shape index (κ1) is 18.2. The fourth-order valence-electron chi connectivity index (χ4n) is 3.98. The Morgan fingerprint density at radius 3 is 2.32 bits per heavy atom. The van der Waals surface area contributed by atoms with Gasteiger partial charge < -0.3 is 10.2 Å². The second-order valence-electron chi connectivity index (χ2n) is 7.38. The highest BCUT2D eigenvalue weighted by atomic mass is 35.5. The molecule has 2 amide bonds. The van der Waals surface area contributed by atoms with Gasteiger partial charge in [-0.1, -0.05) is 11.6 Å². The molecule has 0 atom stereocenters. The molecular weight excluding hydrogens is 336 g/mol. The van der Waals surface area contributed by atoms with Gasteiger partial charge in [0, 0.05) is 35.6 Å². The summed E-state index contributed by atoms with van der Waals surface area (Å²) in [6, 6.07) is 5.49. The van der Waals surface area contributed by atoms with Crippen molar-refractivity contribution in [2.24, 2.45) is 11.8 Å². The van der Waals surface area contributed by atoms with Crippen LogP contribution < -0.4 is 5.32 Å². The summed E-state index contributed by atoms with van der Waals surface area (Å²) < 4.78 is 0. The molecule has 0 aromatic heterocycles. The number of amides is 2. The number of halogens is 1. The highest BCUT2D eigenvalue weighted by molar-refractivity contribution is 6.30. The number of anilines is 1. The molecule has 4 nitrogen and oxygen atoms in total. The fourth-order valence-corrected chi connectivity index (χ4v) is 4.20. The van der Waals surface area contributed by atoms with Crippen LogP contribution in [0.1, 0.15) is 50.5 Å². The van der Waals surface area contributed by atoms with Crippen molar-refractivity contribution in [1.82, 2.24) is 4.90 Å². The van der Waals surface area contributed by atoms with Crippen LogP contribution in [-0.4, -0.2) is 29.8 Å². The van der Waals surface area contributed by atoms with E-state index in [0.717, 1.165) is 62.9 Å². The molecule has 0 spiro atoms. The average Bonchev–Trinajstić information content (AvgIpc) is 2.64. The zero-order valence-electron chi connectivity index (χ0n) is 14.9. The van der Waals surface area contributed by atoms with Crippen molar-refractivity contribution in [1.29, 1.82) is 0 Å². The summed E-state index contributed by atoms with van der Waals surface area (Å²) in [5.41, 5.74) is 1.79. The molecule has 136 valence electrons. The zero-order chi connectivity index (χ0) is 17.8. The van der Waals surface area contributed by atoms with E-state index in [9.17, 15) is 9.59 Å². The average molecular weight is 363 g/mol. The third-order valence-electron chi connectivity index (χ3n) is 5.56. The van der Waals surface area contributed by atoms with E-state index in [2.05, 4.69) is 5.32 Å². The molecule has 1 aromatic carbocycles. The fraction of sp³-hybridized carbons (Fsp3) is 0.600. The van der Waals surface area contributed by atoms with Gasteiger partial charge in [-0.05, 0) is 75.6 Å². The van der Waals surface area contributed by atoms with Crippen molar-refractivity contribution in [2.75, 3.05) is 18.4 Å². The molecule has 1 aromatic rings. The lowest BCUT2D eigenvalue weighted by Gasteiger charge is -2.33. The van der Waals surface area contributed by atoms with Crippen molar-refractivity contribution in [3.63, 3.8) is 0 Å². The van der Waals surface area contributed by atoms with Gasteiger partial charge in [0.15, 0.2) is 0 Å². The van der Waals surface area contributed by atoms with Crippen LogP contribution in [0.2, 0.25) is 5.02 Å². The molecule has 1 saturated heterocycles. The van der Waals surface area contributed by atoms with Crippen molar-refractivity contribution in [3.05, 3.63) is 28.8 Å². The number of hydrogen-bond acceptors (Lipinski definition) is 2. The van der Waals surface area contributed by atoms with E-state index in [1.807, 2.05) is 24.0 Å². The molecule has 2 aliphatic rings. The second-order valence-corrected chi connectivity index (χ2v) is 7.82. The smallest absolute Gasteiger partial charge is 0.227 e. The number of nitrogens with zero attached hydrogens (tertiary/aromatic N) is 1. The molecule has 25 heavy (non-hydrogen) atoms. The minimum atomic E-state index is 0.000448. The SMILES string of the molecule is Cc1cc(Cl)ccc1NC(=O)C1CCC(C(=O)N2CCCCC2)CC1. The van der Waals surface area contributed by atoms with Gasteiger partial charge in [-0.2, -0.15) is 0 Å². The number of aryl methyl sites for hydroxylation is 1. The van der Waals surface area contributed by atoms with Crippen LogP contribution in [0.5, 0.6) is 0 Å². The number of rotatable bonds is 3. The molecule has 0 bridgehead atoms. The van der Waals surface area contributed by atoms with E-state index in [1.54, 1.807) is 6.07 Å². The van der Waals surface area contributed by atoms with E-state index in [1.165, 1.54) is 6.42 Å². The first-order chi connectivity index (χ1) is 12.0. The molecule has 3 rings (SSSR count). The van der Waals surface area contributed by atoms with E-state index < -0.39 is 0 Å². The predicted molar refractivity (Wildman–Crippen MR) is 101 cm³/mol. The molecule has 5 heteroatoms. The van der Waals surface area contributed by atoms with Crippen LogP contribution in [0.25, 0.3) is 0 Å². The van der Waals surface area contributed by atoms with Crippen molar-refractivity contribution in [3.8, 4) is 0 Å². The van der Waals surface area contributed by atoms with E-state index in [-0.39, 0.29) is 17.7 Å². The topological polar surface area (TPSA) is 49.4 Å². The van der Waals surface area contributed by atoms with E-state index in [4.69, 9.17) is 11.6 Å². The molecule has 1 N–H and O–H groups in total. The number of nitrogens with one attached hydrogen (secondary N) is 1. The first-order valence-electron chi connectivity index (χ1n) is 9.40. The Hall–Kier alpha value is -1.55. The number of likely N-dealkylation sites (tertiary alicyclic amines) is 1. The Kier molecular flexibility index (Phi) is 6.00. The normalized spacial score (nSPS) is 24.0. The maximum Gasteiger partial charge on any atom is 0.227 e. The standard InChI is InChI=1S/C20H27ClN2O2/c1-14-13-17(21)9-10-18(14)22-19(24)15-5-7-16(8-6-15)20(25)23-11-3-2-4-12-23/h9-10,13,15-16H,2-8,11-12H2,1H3,(H,22,24). The lowest BCUT2D eigenvalue weighted by molar-refractivity contribution is -0.138. The summed E-state index contributed by atoms with van der Waals surface area (Å²) in [6.45, 7) is 3.76. The van der Waals surface area contributed by atoms with Gasteiger partial charge >= 0.3 is 0 Å². The van der Waals surface area contributed by atoms with Crippen LogP contribution in [0.3, 0.4) is 0 Å². The number of benzene rings is 1. The highest BCUT2D eigenvalue weighted by Gasteiger charge is 2.32. The van der Waals surface area contributed by atoms with Crippen LogP contribution >= 0.6 is 11.6 Å². The molecule has 2 fully saturated rings. The molecule has 0 unspecified atom stereocenters. The minimum Gasteiger partial charge on any atom is -0.342 e. The first-order valence-corrected chi connectivity index (χ1v) is 9.78. The Balaban J connectivity index is 1.51. The van der Waals surface area contributed by atoms with Gasteiger partial charge in [-0.3, -0.25) is 9.59 Å². The molecule has 1 heterocycles. The molecule has 1 aliphatic carbocycles. The van der Waals surface area contributed by atoms with E-state index in [0.29, 0.717) is 10.9 Å². The Morgan fingerprint density at radius 2 is 1.68 bits per heavy atom. The summed E-state index contributed by atoms with van der Waals surface area (Å²) in [6.07, 6.45) is 6.74. The Labute approximate surface area is 154 Å². The summed E-state index contributed by atoms with van der Waals surface area (Å²) >= 11 is 5.96. The minimum absolute atomic E-state index is 0.000448. The van der Waals surface area contributed by atoms with Crippen molar-refractivity contribution in [2.45, 2.75) is 51.9 Å². The summed E-state index contributed by atoms with van der Waals surface area (Å²) in [5.74, 6) is 0.487. The van der Waals surface area contributed by atoms with Crippen LogP contribution in [-0.2, 0) is 9.59 Å². The molecule has 1 aliphatic heterocycles. The maximum atomic E-state index is 12.6. The van der Waals surface area contributed by atoms with Crippen molar-refractivity contribution >= 4 is 29.1 Å². The molecular formula is C20H27ClN2O2. The van der Waals surface area contributed by atoms with Crippen LogP contribution in [0, 0.1) is 18.8 Å². The summed E-state index contributed by atoms with van der Waals surface area (Å²) in [7, 11) is 0. The molecule has 1 saturated carbocycles. The van der Waals surface area contributed by atoms with E-state index >= 15 is 0 Å². The van der Waals surface area contributed by atoms with Gasteiger partial charge in [-0.25, -0.2) is 0 Å². The summed E-state index contributed by atoms with van der Waals surface area (Å²) in [5, 5.41) is 3.70. The van der Waals surface area contributed by atoms with Crippen molar-refractivity contribution < 1.29 is 9.59 Å². The van der Waals surface area contributed by atoms with Crippen LogP contribution in [0.4, 0.5) is 5.69 Å². The van der Waals surface area contributed by atoms with Gasteiger partial charge in [0.25, 0.3) is 0 Å². The Bertz CT molecular complexity index is 633. The largest absolute Gasteiger partial charge is 0.342 e. The number of carbonyl (C=O) groups is 2. The maximum absolute atomic E-state index is 12.6. The number of carbonyl (C=O) groups excluding carboxylic acids is 2. The number of hydrogen-bond donors (Lipinski definition) is 1. The lowest BCUT2D eigenvalue weighted by Crippen LogP contribution is -2.41. The quantitative estimate of drug-likeness (QED) is 0.866. The van der Waals surface area contributed by atoms with Gasteiger partial charge in [0.1, 0.15) is 0 Å². The third kappa shape index (κ3) is 4.55. The van der Waals surface area contributed by atoms with Gasteiger partial charge in [-0.15, -0.1) is 0 Å². The molecule has 0 radical (unpaired) electrons. The predicted octanol–water partition coefficient (Wildman–Crippen LogP) is 4.41. The third-order valence-corrected chi connectivity index (χ3v) is 5.80. The Morgan fingerprint density at radius 1 is 1.04 bits per heavy atom. The zero-order valence-corrected chi connectivity index (χ0v) is 15.6.